The summed E-state index contributed by atoms with van der Waals surface area (Å²) in [6.07, 6.45) is -0.152. The molecule has 1 unspecified atom stereocenters. The summed E-state index contributed by atoms with van der Waals surface area (Å²) in [4.78, 5) is 32.8. The molecule has 0 aliphatic carbocycles. The van der Waals surface area contributed by atoms with Gasteiger partial charge in [-0.15, -0.1) is 0 Å². The Morgan fingerprint density at radius 1 is 1.33 bits per heavy atom. The normalized spacial score (nSPS) is 11.7. The number of aliphatic carboxylic acids is 1. The van der Waals surface area contributed by atoms with E-state index in [4.69, 9.17) is 15.6 Å². The number of carbonyl (C=O) groups excluding carboxylic acids is 2. The van der Waals surface area contributed by atoms with Crippen LogP contribution in [0.4, 0.5) is 0 Å². The molecule has 0 saturated carbocycles. The first-order valence-corrected chi connectivity index (χ1v) is 5.48. The fourth-order valence-electron chi connectivity index (χ4n) is 1.06. The van der Waals surface area contributed by atoms with Crippen LogP contribution in [0.1, 0.15) is 12.8 Å². The van der Waals surface area contributed by atoms with Crippen molar-refractivity contribution in [1.29, 1.82) is 0 Å². The highest BCUT2D eigenvalue weighted by Crippen LogP contribution is 1.94. The Kier molecular flexibility index (Phi) is 8.50. The van der Waals surface area contributed by atoms with E-state index in [1.54, 1.807) is 0 Å². The second kappa shape index (κ2) is 9.37. The van der Waals surface area contributed by atoms with E-state index in [1.807, 2.05) is 0 Å². The Labute approximate surface area is 105 Å². The van der Waals surface area contributed by atoms with Gasteiger partial charge in [0.1, 0.15) is 0 Å². The van der Waals surface area contributed by atoms with Gasteiger partial charge in [0.25, 0.3) is 0 Å². The highest BCUT2D eigenvalue weighted by Gasteiger charge is 2.15. The maximum Gasteiger partial charge on any atom is 0.303 e. The van der Waals surface area contributed by atoms with Gasteiger partial charge in [-0.25, -0.2) is 0 Å². The summed E-state index contributed by atoms with van der Waals surface area (Å²) in [5.74, 6) is -1.92. The van der Waals surface area contributed by atoms with E-state index < -0.39 is 17.9 Å². The second-order valence-electron chi connectivity index (χ2n) is 3.60. The van der Waals surface area contributed by atoms with Crippen LogP contribution in [0.5, 0.6) is 0 Å². The number of carbonyl (C=O) groups is 3. The number of hydrogen-bond acceptors (Lipinski definition) is 5. The molecule has 18 heavy (non-hydrogen) atoms. The Bertz CT molecular complexity index is 295. The molecule has 0 radical (unpaired) electrons. The molecule has 0 aromatic rings. The molecule has 2 amide bonds. The number of rotatable bonds is 9. The zero-order valence-corrected chi connectivity index (χ0v) is 10.3. The predicted molar refractivity (Wildman–Crippen MR) is 62.7 cm³/mol. The molecule has 0 aromatic carbocycles. The van der Waals surface area contributed by atoms with Crippen molar-refractivity contribution in [3.8, 4) is 0 Å². The number of ether oxygens (including phenoxy) is 1. The van der Waals surface area contributed by atoms with Crippen LogP contribution < -0.4 is 16.4 Å². The van der Waals surface area contributed by atoms with Crippen molar-refractivity contribution in [3.63, 3.8) is 0 Å². The zero-order valence-electron chi connectivity index (χ0n) is 10.3. The van der Waals surface area contributed by atoms with E-state index >= 15 is 0 Å². The minimum Gasteiger partial charge on any atom is -0.481 e. The van der Waals surface area contributed by atoms with Crippen LogP contribution in [0, 0.1) is 0 Å². The summed E-state index contributed by atoms with van der Waals surface area (Å²) in [7, 11) is 1.51. The molecule has 5 N–H and O–H groups in total. The summed E-state index contributed by atoms with van der Waals surface area (Å²) in [5, 5.41) is 13.3. The molecular formula is C10H19N3O5. The van der Waals surface area contributed by atoms with Gasteiger partial charge in [-0.05, 0) is 6.42 Å². The molecule has 1 atom stereocenters. The number of carboxylic acid groups (broad SMARTS) is 1. The average Bonchev–Trinajstić information content (AvgIpc) is 2.33. The van der Waals surface area contributed by atoms with E-state index in [2.05, 4.69) is 10.6 Å². The van der Waals surface area contributed by atoms with Crippen LogP contribution in [0.2, 0.25) is 0 Å². The van der Waals surface area contributed by atoms with Gasteiger partial charge in [-0.3, -0.25) is 14.4 Å². The molecule has 0 bridgehead atoms. The van der Waals surface area contributed by atoms with Crippen LogP contribution in [-0.4, -0.2) is 55.7 Å². The van der Waals surface area contributed by atoms with Crippen LogP contribution in [0.15, 0.2) is 0 Å². The predicted octanol–water partition coefficient (Wildman–Crippen LogP) is -1.94. The first kappa shape index (κ1) is 16.3. The Morgan fingerprint density at radius 3 is 2.56 bits per heavy atom. The lowest BCUT2D eigenvalue weighted by Gasteiger charge is -2.11. The van der Waals surface area contributed by atoms with Crippen molar-refractivity contribution in [2.45, 2.75) is 18.9 Å². The number of carboxylic acids is 1. The topological polar surface area (TPSA) is 131 Å². The summed E-state index contributed by atoms with van der Waals surface area (Å²) in [5.41, 5.74) is 5.45. The van der Waals surface area contributed by atoms with E-state index in [0.29, 0.717) is 13.2 Å². The van der Waals surface area contributed by atoms with Gasteiger partial charge in [-0.1, -0.05) is 0 Å². The number of amides is 2. The molecule has 0 aliphatic rings. The van der Waals surface area contributed by atoms with Crippen molar-refractivity contribution in [3.05, 3.63) is 0 Å². The summed E-state index contributed by atoms with van der Waals surface area (Å²) in [6.45, 7) is 0.553. The Hall–Kier alpha value is -1.67. The van der Waals surface area contributed by atoms with Crippen LogP contribution in [-0.2, 0) is 19.1 Å². The van der Waals surface area contributed by atoms with Crippen molar-refractivity contribution in [1.82, 2.24) is 10.6 Å². The maximum atomic E-state index is 11.4. The Balaban J connectivity index is 3.74. The minimum absolute atomic E-state index is 0.0342. The third-order valence-electron chi connectivity index (χ3n) is 2.06. The molecule has 104 valence electrons. The molecule has 8 nitrogen and oxygen atoms in total. The first-order valence-electron chi connectivity index (χ1n) is 5.48. The molecule has 0 saturated heterocycles. The van der Waals surface area contributed by atoms with E-state index in [-0.39, 0.29) is 25.3 Å². The molecule has 0 spiro atoms. The van der Waals surface area contributed by atoms with Crippen molar-refractivity contribution < 1.29 is 24.2 Å². The van der Waals surface area contributed by atoms with Crippen molar-refractivity contribution in [2.24, 2.45) is 5.73 Å². The van der Waals surface area contributed by atoms with E-state index in [9.17, 15) is 14.4 Å². The van der Waals surface area contributed by atoms with Crippen LogP contribution in [0.3, 0.4) is 0 Å². The number of methoxy groups -OCH3 is 1. The molecule has 0 aromatic heterocycles. The van der Waals surface area contributed by atoms with Crippen molar-refractivity contribution in [2.75, 3.05) is 26.8 Å². The second-order valence-corrected chi connectivity index (χ2v) is 3.60. The highest BCUT2D eigenvalue weighted by molar-refractivity contribution is 5.87. The van der Waals surface area contributed by atoms with E-state index in [1.165, 1.54) is 7.11 Å². The largest absolute Gasteiger partial charge is 0.481 e. The molecular weight excluding hydrogens is 242 g/mol. The van der Waals surface area contributed by atoms with Gasteiger partial charge in [0, 0.05) is 20.1 Å². The first-order chi connectivity index (χ1) is 8.47. The van der Waals surface area contributed by atoms with Crippen molar-refractivity contribution >= 4 is 17.8 Å². The zero-order chi connectivity index (χ0) is 14.0. The van der Waals surface area contributed by atoms with Crippen LogP contribution >= 0.6 is 0 Å². The summed E-state index contributed by atoms with van der Waals surface area (Å²) < 4.78 is 4.73. The highest BCUT2D eigenvalue weighted by atomic mass is 16.5. The molecule has 0 rings (SSSR count). The fraction of sp³-hybridized carbons (Fsp3) is 0.700. The lowest BCUT2D eigenvalue weighted by molar-refractivity contribution is -0.137. The molecule has 8 heteroatoms. The van der Waals surface area contributed by atoms with Gasteiger partial charge in [-0.2, -0.15) is 0 Å². The standard InChI is InChI=1S/C10H19N3O5/c1-18-5-4-12-8(14)6-13-10(17)7(11)2-3-9(15)16/h7H,2-6,11H2,1H3,(H,12,14)(H,13,17)(H,15,16). The number of nitrogens with two attached hydrogens (primary N) is 1. The van der Waals surface area contributed by atoms with Gasteiger partial charge in [0.2, 0.25) is 11.8 Å². The summed E-state index contributed by atoms with van der Waals surface area (Å²) >= 11 is 0. The monoisotopic (exact) mass is 261 g/mol. The smallest absolute Gasteiger partial charge is 0.303 e. The molecule has 0 fully saturated rings. The quantitative estimate of drug-likeness (QED) is 0.357. The number of nitrogens with one attached hydrogen (secondary N) is 2. The van der Waals surface area contributed by atoms with Gasteiger partial charge < -0.3 is 26.2 Å². The third kappa shape index (κ3) is 8.48. The molecule has 0 aliphatic heterocycles. The van der Waals surface area contributed by atoms with E-state index in [0.717, 1.165) is 0 Å². The lowest BCUT2D eigenvalue weighted by atomic mass is 10.1. The Morgan fingerprint density at radius 2 is 2.00 bits per heavy atom. The van der Waals surface area contributed by atoms with Gasteiger partial charge in [0.15, 0.2) is 0 Å². The lowest BCUT2D eigenvalue weighted by Crippen LogP contribution is -2.45. The maximum absolute atomic E-state index is 11.4. The van der Waals surface area contributed by atoms with Gasteiger partial charge in [0.05, 0.1) is 19.2 Å². The molecule has 0 heterocycles. The average molecular weight is 261 g/mol. The SMILES string of the molecule is COCCNC(=O)CNC(=O)C(N)CCC(=O)O. The van der Waals surface area contributed by atoms with Gasteiger partial charge >= 0.3 is 5.97 Å². The van der Waals surface area contributed by atoms with Crippen LogP contribution in [0.25, 0.3) is 0 Å². The minimum atomic E-state index is -1.02. The fourth-order valence-corrected chi connectivity index (χ4v) is 1.06. The number of hydrogen-bond donors (Lipinski definition) is 4. The summed E-state index contributed by atoms with van der Waals surface area (Å²) in [6, 6.07) is -0.923. The third-order valence-corrected chi connectivity index (χ3v) is 2.06.